The van der Waals surface area contributed by atoms with Gasteiger partial charge in [0.05, 0.1) is 0 Å². The SMILES string of the molecule is CCC1CNC2(CCCC2)CN1c1cccc(F)c1. The number of hydrogen-bond donors (Lipinski definition) is 1. The van der Waals surface area contributed by atoms with Crippen molar-refractivity contribution >= 4 is 5.69 Å². The Bertz CT molecular complexity index is 440. The molecule has 2 nitrogen and oxygen atoms in total. The van der Waals surface area contributed by atoms with Crippen LogP contribution in [0.4, 0.5) is 10.1 Å². The van der Waals surface area contributed by atoms with Crippen molar-refractivity contribution in [3.63, 3.8) is 0 Å². The highest BCUT2D eigenvalue weighted by Gasteiger charge is 2.40. The van der Waals surface area contributed by atoms with E-state index < -0.39 is 0 Å². The van der Waals surface area contributed by atoms with E-state index in [0.29, 0.717) is 6.04 Å². The Balaban J connectivity index is 1.86. The van der Waals surface area contributed by atoms with Gasteiger partial charge in [-0.3, -0.25) is 0 Å². The van der Waals surface area contributed by atoms with Gasteiger partial charge in [0.2, 0.25) is 0 Å². The number of hydrogen-bond acceptors (Lipinski definition) is 2. The van der Waals surface area contributed by atoms with Crippen LogP contribution in [0.25, 0.3) is 0 Å². The zero-order valence-corrected chi connectivity index (χ0v) is 11.7. The lowest BCUT2D eigenvalue weighted by Gasteiger charge is -2.47. The maximum Gasteiger partial charge on any atom is 0.125 e. The lowest BCUT2D eigenvalue weighted by Crippen LogP contribution is -2.63. The van der Waals surface area contributed by atoms with E-state index in [1.807, 2.05) is 12.1 Å². The zero-order chi connectivity index (χ0) is 13.3. The molecule has 1 saturated carbocycles. The van der Waals surface area contributed by atoms with Gasteiger partial charge < -0.3 is 10.2 Å². The summed E-state index contributed by atoms with van der Waals surface area (Å²) in [6.45, 7) is 4.26. The standard InChI is InChI=1S/C16H23FN2/c1-2-14-11-18-16(8-3-4-9-16)12-19(14)15-7-5-6-13(17)10-15/h5-7,10,14,18H,2-4,8-9,11-12H2,1H3. The van der Waals surface area contributed by atoms with E-state index >= 15 is 0 Å². The van der Waals surface area contributed by atoms with Crippen LogP contribution < -0.4 is 10.2 Å². The van der Waals surface area contributed by atoms with E-state index in [4.69, 9.17) is 0 Å². The van der Waals surface area contributed by atoms with Crippen molar-refractivity contribution in [3.8, 4) is 0 Å². The van der Waals surface area contributed by atoms with Gasteiger partial charge in [0.15, 0.2) is 0 Å². The van der Waals surface area contributed by atoms with Gasteiger partial charge in [0.25, 0.3) is 0 Å². The van der Waals surface area contributed by atoms with E-state index in [1.165, 1.54) is 31.7 Å². The Labute approximate surface area is 115 Å². The highest BCUT2D eigenvalue weighted by atomic mass is 19.1. The number of halogens is 1. The summed E-state index contributed by atoms with van der Waals surface area (Å²) in [5, 5.41) is 3.77. The van der Waals surface area contributed by atoms with Gasteiger partial charge >= 0.3 is 0 Å². The first kappa shape index (κ1) is 12.9. The van der Waals surface area contributed by atoms with Gasteiger partial charge in [-0.25, -0.2) is 4.39 Å². The Kier molecular flexibility index (Phi) is 3.48. The van der Waals surface area contributed by atoms with Crippen molar-refractivity contribution in [1.29, 1.82) is 0 Å². The van der Waals surface area contributed by atoms with Crippen molar-refractivity contribution in [2.75, 3.05) is 18.0 Å². The molecule has 1 aromatic rings. The van der Waals surface area contributed by atoms with Crippen molar-refractivity contribution in [2.45, 2.75) is 50.6 Å². The third-order valence-corrected chi connectivity index (χ3v) is 4.80. The summed E-state index contributed by atoms with van der Waals surface area (Å²) < 4.78 is 13.5. The van der Waals surface area contributed by atoms with E-state index in [9.17, 15) is 4.39 Å². The molecule has 1 heterocycles. The van der Waals surface area contributed by atoms with Crippen LogP contribution in [0.15, 0.2) is 24.3 Å². The number of benzene rings is 1. The summed E-state index contributed by atoms with van der Waals surface area (Å²) in [6.07, 6.45) is 6.26. The van der Waals surface area contributed by atoms with Gasteiger partial charge in [-0.15, -0.1) is 0 Å². The van der Waals surface area contributed by atoms with Crippen molar-refractivity contribution in [3.05, 3.63) is 30.1 Å². The fourth-order valence-electron chi connectivity index (χ4n) is 3.66. The topological polar surface area (TPSA) is 15.3 Å². The van der Waals surface area contributed by atoms with Crippen LogP contribution in [0.3, 0.4) is 0 Å². The number of rotatable bonds is 2. The summed E-state index contributed by atoms with van der Waals surface area (Å²) in [6, 6.07) is 7.54. The van der Waals surface area contributed by atoms with E-state index in [-0.39, 0.29) is 11.4 Å². The average molecular weight is 262 g/mol. The molecule has 1 aliphatic heterocycles. The van der Waals surface area contributed by atoms with E-state index in [1.54, 1.807) is 6.07 Å². The smallest absolute Gasteiger partial charge is 0.125 e. The molecule has 1 saturated heterocycles. The first-order chi connectivity index (χ1) is 9.22. The fraction of sp³-hybridized carbons (Fsp3) is 0.625. The molecular formula is C16H23FN2. The molecule has 1 aliphatic carbocycles. The summed E-state index contributed by atoms with van der Waals surface area (Å²) >= 11 is 0. The molecule has 3 rings (SSSR count). The second kappa shape index (κ2) is 5.12. The Morgan fingerprint density at radius 3 is 2.84 bits per heavy atom. The number of nitrogens with zero attached hydrogens (tertiary/aromatic N) is 1. The van der Waals surface area contributed by atoms with Gasteiger partial charge in [0, 0.05) is 30.4 Å². The molecule has 1 atom stereocenters. The van der Waals surface area contributed by atoms with Crippen LogP contribution in [-0.2, 0) is 0 Å². The van der Waals surface area contributed by atoms with Crippen molar-refractivity contribution < 1.29 is 4.39 Å². The summed E-state index contributed by atoms with van der Waals surface area (Å²) in [5.74, 6) is -0.133. The van der Waals surface area contributed by atoms with Gasteiger partial charge in [-0.05, 0) is 37.5 Å². The third kappa shape index (κ3) is 2.48. The average Bonchev–Trinajstić information content (AvgIpc) is 2.87. The second-order valence-corrected chi connectivity index (χ2v) is 6.04. The van der Waals surface area contributed by atoms with E-state index in [0.717, 1.165) is 25.2 Å². The molecular weight excluding hydrogens is 239 g/mol. The molecule has 0 radical (unpaired) electrons. The molecule has 0 bridgehead atoms. The summed E-state index contributed by atoms with van der Waals surface area (Å²) in [5.41, 5.74) is 1.32. The second-order valence-electron chi connectivity index (χ2n) is 6.04. The number of nitrogens with one attached hydrogen (secondary N) is 1. The Morgan fingerprint density at radius 1 is 1.37 bits per heavy atom. The molecule has 0 aromatic heterocycles. The number of piperazine rings is 1. The Morgan fingerprint density at radius 2 is 2.16 bits per heavy atom. The molecule has 3 heteroatoms. The predicted molar refractivity (Wildman–Crippen MR) is 77.0 cm³/mol. The van der Waals surface area contributed by atoms with Gasteiger partial charge in [-0.2, -0.15) is 0 Å². The van der Waals surface area contributed by atoms with Crippen LogP contribution in [-0.4, -0.2) is 24.7 Å². The highest BCUT2D eigenvalue weighted by Crippen LogP contribution is 2.35. The van der Waals surface area contributed by atoms with E-state index in [2.05, 4.69) is 17.1 Å². The van der Waals surface area contributed by atoms with Crippen molar-refractivity contribution in [1.82, 2.24) is 5.32 Å². The fourth-order valence-corrected chi connectivity index (χ4v) is 3.66. The number of anilines is 1. The third-order valence-electron chi connectivity index (χ3n) is 4.80. The molecule has 1 N–H and O–H groups in total. The lowest BCUT2D eigenvalue weighted by molar-refractivity contribution is 0.267. The molecule has 0 amide bonds. The maximum atomic E-state index is 13.5. The normalized spacial score (nSPS) is 26.0. The molecule has 2 fully saturated rings. The summed E-state index contributed by atoms with van der Waals surface area (Å²) in [7, 11) is 0. The molecule has 1 aromatic carbocycles. The van der Waals surface area contributed by atoms with Crippen LogP contribution in [0, 0.1) is 5.82 Å². The van der Waals surface area contributed by atoms with Crippen LogP contribution in [0.2, 0.25) is 0 Å². The quantitative estimate of drug-likeness (QED) is 0.879. The minimum absolute atomic E-state index is 0.133. The van der Waals surface area contributed by atoms with Crippen LogP contribution in [0.1, 0.15) is 39.0 Å². The monoisotopic (exact) mass is 262 g/mol. The summed E-state index contributed by atoms with van der Waals surface area (Å²) in [4.78, 5) is 2.42. The molecule has 1 spiro atoms. The first-order valence-corrected chi connectivity index (χ1v) is 7.50. The Hall–Kier alpha value is -1.09. The first-order valence-electron chi connectivity index (χ1n) is 7.50. The zero-order valence-electron chi connectivity index (χ0n) is 11.7. The molecule has 104 valence electrons. The molecule has 19 heavy (non-hydrogen) atoms. The predicted octanol–water partition coefficient (Wildman–Crippen LogP) is 3.33. The minimum atomic E-state index is -0.133. The lowest BCUT2D eigenvalue weighted by atomic mass is 9.91. The van der Waals surface area contributed by atoms with Gasteiger partial charge in [-0.1, -0.05) is 25.8 Å². The largest absolute Gasteiger partial charge is 0.365 e. The van der Waals surface area contributed by atoms with Gasteiger partial charge in [0.1, 0.15) is 5.82 Å². The minimum Gasteiger partial charge on any atom is -0.365 e. The highest BCUT2D eigenvalue weighted by molar-refractivity contribution is 5.49. The molecule has 2 aliphatic rings. The van der Waals surface area contributed by atoms with Crippen LogP contribution >= 0.6 is 0 Å². The maximum absolute atomic E-state index is 13.5. The molecule has 1 unspecified atom stereocenters. The van der Waals surface area contributed by atoms with Crippen molar-refractivity contribution in [2.24, 2.45) is 0 Å². The van der Waals surface area contributed by atoms with Crippen LogP contribution in [0.5, 0.6) is 0 Å².